The number of benzene rings is 2. The predicted molar refractivity (Wildman–Crippen MR) is 157 cm³/mol. The molecule has 0 saturated carbocycles. The number of hydrogen-bond acceptors (Lipinski definition) is 5. The average molecular weight is 575 g/mol. The van der Waals surface area contributed by atoms with Crippen LogP contribution in [0.2, 0.25) is 5.02 Å². The molecular formula is C30H27ClN4O4S. The van der Waals surface area contributed by atoms with Gasteiger partial charge in [0.05, 0.1) is 22.3 Å². The third-order valence-electron chi connectivity index (χ3n) is 6.85. The number of halogens is 1. The van der Waals surface area contributed by atoms with Crippen molar-refractivity contribution in [2.24, 2.45) is 0 Å². The number of carbonyl (C=O) groups is 2. The van der Waals surface area contributed by atoms with Gasteiger partial charge in [0.2, 0.25) is 5.91 Å². The molecule has 0 unspecified atom stereocenters. The summed E-state index contributed by atoms with van der Waals surface area (Å²) in [5.41, 5.74) is 3.20. The number of para-hydroxylation sites is 1. The van der Waals surface area contributed by atoms with E-state index < -0.39 is 12.0 Å². The highest BCUT2D eigenvalue weighted by Gasteiger charge is 2.41. The van der Waals surface area contributed by atoms with E-state index in [1.54, 1.807) is 12.3 Å². The molecule has 1 aliphatic heterocycles. The number of carboxylic acid groups (broad SMARTS) is 1. The zero-order valence-electron chi connectivity index (χ0n) is 21.6. The first-order valence-corrected chi connectivity index (χ1v) is 13.6. The fourth-order valence-electron chi connectivity index (χ4n) is 4.84. The Labute approximate surface area is 242 Å². The van der Waals surface area contributed by atoms with Crippen molar-refractivity contribution in [3.8, 4) is 11.3 Å². The van der Waals surface area contributed by atoms with Crippen LogP contribution in [0.3, 0.4) is 0 Å². The molecule has 2 atom stereocenters. The van der Waals surface area contributed by atoms with E-state index >= 15 is 0 Å². The summed E-state index contributed by atoms with van der Waals surface area (Å²) in [4.78, 5) is 30.9. The van der Waals surface area contributed by atoms with Crippen LogP contribution in [-0.4, -0.2) is 38.5 Å². The summed E-state index contributed by atoms with van der Waals surface area (Å²) < 4.78 is 6.29. The minimum atomic E-state index is -1.06. The normalized spacial score (nSPS) is 16.6. The van der Waals surface area contributed by atoms with E-state index in [9.17, 15) is 14.7 Å². The number of nitrogens with zero attached hydrogens (tertiary/aromatic N) is 2. The third kappa shape index (κ3) is 5.71. The van der Waals surface area contributed by atoms with Crippen molar-refractivity contribution in [1.82, 2.24) is 15.2 Å². The molecule has 204 valence electrons. The molecule has 2 aromatic heterocycles. The van der Waals surface area contributed by atoms with Gasteiger partial charge in [0.1, 0.15) is 17.6 Å². The molecule has 40 heavy (non-hydrogen) atoms. The van der Waals surface area contributed by atoms with Crippen LogP contribution in [0.25, 0.3) is 11.3 Å². The lowest BCUT2D eigenvalue weighted by Crippen LogP contribution is -2.32. The molecule has 10 heteroatoms. The lowest BCUT2D eigenvalue weighted by atomic mass is 10.0. The molecule has 4 aromatic rings. The summed E-state index contributed by atoms with van der Waals surface area (Å²) in [5.74, 6) is -0.182. The van der Waals surface area contributed by atoms with Gasteiger partial charge in [0.25, 0.3) is 0 Å². The maximum atomic E-state index is 13.0. The minimum absolute atomic E-state index is 0.102. The molecule has 1 aliphatic rings. The van der Waals surface area contributed by atoms with Crippen molar-refractivity contribution >= 4 is 46.5 Å². The second-order valence-corrected chi connectivity index (χ2v) is 10.1. The number of furan rings is 1. The number of aromatic carboxylic acids is 1. The molecule has 5 rings (SSSR count). The zero-order valence-corrected chi connectivity index (χ0v) is 23.2. The highest BCUT2D eigenvalue weighted by atomic mass is 35.5. The largest absolute Gasteiger partial charge is 0.478 e. The van der Waals surface area contributed by atoms with Gasteiger partial charge < -0.3 is 25.1 Å². The van der Waals surface area contributed by atoms with Gasteiger partial charge in [-0.05, 0) is 72.7 Å². The van der Waals surface area contributed by atoms with E-state index in [2.05, 4.69) is 15.6 Å². The quantitative estimate of drug-likeness (QED) is 0.201. The number of rotatable bonds is 9. The Hall–Kier alpha value is -4.21. The van der Waals surface area contributed by atoms with Gasteiger partial charge >= 0.3 is 5.97 Å². The summed E-state index contributed by atoms with van der Waals surface area (Å²) in [5, 5.41) is 16.6. The summed E-state index contributed by atoms with van der Waals surface area (Å²) in [6, 6.07) is 20.7. The number of aryl methyl sites for hydroxylation is 1. The average Bonchev–Trinajstić information content (AvgIpc) is 3.57. The van der Waals surface area contributed by atoms with Crippen molar-refractivity contribution in [2.75, 3.05) is 11.9 Å². The van der Waals surface area contributed by atoms with Gasteiger partial charge in [-0.3, -0.25) is 9.78 Å². The summed E-state index contributed by atoms with van der Waals surface area (Å²) in [6.07, 6.45) is 2.72. The number of carbonyl (C=O) groups excluding carboxylic acids is 1. The fraction of sp³-hybridized carbons (Fsp3) is 0.200. The number of thiocarbonyl (C=S) groups is 1. The Balaban J connectivity index is 1.43. The van der Waals surface area contributed by atoms with E-state index in [0.29, 0.717) is 33.8 Å². The molecule has 0 spiro atoms. The Morgan fingerprint density at radius 3 is 2.67 bits per heavy atom. The van der Waals surface area contributed by atoms with Crippen molar-refractivity contribution < 1.29 is 19.1 Å². The molecule has 3 heterocycles. The smallest absolute Gasteiger partial charge is 0.335 e. The molecule has 0 aliphatic carbocycles. The van der Waals surface area contributed by atoms with Crippen LogP contribution in [0.1, 0.15) is 52.8 Å². The Kier molecular flexibility index (Phi) is 8.14. The molecule has 1 fully saturated rings. The number of carboxylic acids is 1. The Morgan fingerprint density at radius 2 is 1.93 bits per heavy atom. The van der Waals surface area contributed by atoms with E-state index in [1.807, 2.05) is 60.4 Å². The molecule has 0 radical (unpaired) electrons. The van der Waals surface area contributed by atoms with E-state index in [1.165, 1.54) is 18.2 Å². The highest BCUT2D eigenvalue weighted by molar-refractivity contribution is 7.80. The lowest BCUT2D eigenvalue weighted by Gasteiger charge is -2.26. The van der Waals surface area contributed by atoms with Crippen LogP contribution in [0, 0.1) is 0 Å². The minimum Gasteiger partial charge on any atom is -0.478 e. The van der Waals surface area contributed by atoms with Gasteiger partial charge in [0.15, 0.2) is 5.11 Å². The molecule has 8 nitrogen and oxygen atoms in total. The van der Waals surface area contributed by atoms with Gasteiger partial charge in [-0.2, -0.15) is 0 Å². The maximum Gasteiger partial charge on any atom is 0.335 e. The summed E-state index contributed by atoms with van der Waals surface area (Å²) in [6.45, 7) is 2.38. The van der Waals surface area contributed by atoms with E-state index in [0.717, 1.165) is 23.4 Å². The van der Waals surface area contributed by atoms with Gasteiger partial charge in [-0.15, -0.1) is 0 Å². The number of nitrogens with one attached hydrogen (secondary N) is 2. The lowest BCUT2D eigenvalue weighted by molar-refractivity contribution is -0.116. The number of amides is 1. The Morgan fingerprint density at radius 1 is 1.12 bits per heavy atom. The van der Waals surface area contributed by atoms with Crippen LogP contribution < -0.4 is 10.6 Å². The van der Waals surface area contributed by atoms with Gasteiger partial charge in [0, 0.05) is 30.4 Å². The van der Waals surface area contributed by atoms with Crippen molar-refractivity contribution in [2.45, 2.75) is 31.8 Å². The van der Waals surface area contributed by atoms with Crippen molar-refractivity contribution in [3.05, 3.63) is 107 Å². The molecule has 3 N–H and O–H groups in total. The molecule has 2 aromatic carbocycles. The SMILES string of the molecule is CCc1ccccc1NC(=O)CCN1C(=S)N[C@H](c2ccccn2)[C@@H]1c1ccc(-c2cc(C(=O)O)ccc2Cl)o1. The van der Waals surface area contributed by atoms with E-state index in [-0.39, 0.29) is 23.9 Å². The van der Waals surface area contributed by atoms with Gasteiger partial charge in [-0.25, -0.2) is 4.79 Å². The number of hydrogen-bond donors (Lipinski definition) is 3. The van der Waals surface area contributed by atoms with Crippen LogP contribution in [0.4, 0.5) is 5.69 Å². The molecule has 1 amide bonds. The first-order valence-electron chi connectivity index (χ1n) is 12.8. The molecule has 0 bridgehead atoms. The van der Waals surface area contributed by atoms with Crippen LogP contribution in [0.15, 0.2) is 83.4 Å². The molecular weight excluding hydrogens is 548 g/mol. The first kappa shape index (κ1) is 27.4. The van der Waals surface area contributed by atoms with Crippen LogP contribution in [0.5, 0.6) is 0 Å². The number of anilines is 1. The Bertz CT molecular complexity index is 1560. The van der Waals surface area contributed by atoms with Gasteiger partial charge in [-0.1, -0.05) is 42.8 Å². The third-order valence-corrected chi connectivity index (χ3v) is 7.53. The second kappa shape index (κ2) is 11.9. The number of aromatic nitrogens is 1. The predicted octanol–water partition coefficient (Wildman–Crippen LogP) is 6.26. The fourth-order valence-corrected chi connectivity index (χ4v) is 5.39. The topological polar surface area (TPSA) is 108 Å². The summed E-state index contributed by atoms with van der Waals surface area (Å²) in [7, 11) is 0. The second-order valence-electron chi connectivity index (χ2n) is 9.33. The number of pyridine rings is 1. The summed E-state index contributed by atoms with van der Waals surface area (Å²) >= 11 is 12.1. The maximum absolute atomic E-state index is 13.0. The van der Waals surface area contributed by atoms with Crippen molar-refractivity contribution in [3.63, 3.8) is 0 Å². The molecule has 1 saturated heterocycles. The standard InChI is InChI=1S/C30H27ClN4O4S/c1-2-18-7-3-4-8-22(18)33-26(36)14-16-35-28(27(34-30(35)40)23-9-5-6-15-32-23)25-13-12-24(39-25)20-17-19(29(37)38)10-11-21(20)31/h3-13,15,17,27-28H,2,14,16H2,1H3,(H,33,36)(H,34,40)(H,37,38)/t27-,28+/m1/s1. The zero-order chi connectivity index (χ0) is 28.2. The van der Waals surface area contributed by atoms with Crippen LogP contribution in [-0.2, 0) is 11.2 Å². The van der Waals surface area contributed by atoms with Crippen LogP contribution >= 0.6 is 23.8 Å². The van der Waals surface area contributed by atoms with Crippen molar-refractivity contribution in [1.29, 1.82) is 0 Å². The first-order chi connectivity index (χ1) is 19.4. The highest BCUT2D eigenvalue weighted by Crippen LogP contribution is 2.41. The van der Waals surface area contributed by atoms with E-state index in [4.69, 9.17) is 28.2 Å². The monoisotopic (exact) mass is 574 g/mol.